The maximum Gasteiger partial charge on any atom is 0.173 e. The maximum atomic E-state index is 6.48. The fourth-order valence-corrected chi connectivity index (χ4v) is 4.04. The molecule has 0 spiro atoms. The Bertz CT molecular complexity index is 822. The summed E-state index contributed by atoms with van der Waals surface area (Å²) in [5.41, 5.74) is 4.52. The molecular weight excluding hydrogens is 414 g/mol. The van der Waals surface area contributed by atoms with Crippen molar-refractivity contribution in [2.75, 3.05) is 44.7 Å². The lowest BCUT2D eigenvalue weighted by atomic mass is 10.1. The molecular formula is C24H32ClN3OS. The second kappa shape index (κ2) is 11.7. The van der Waals surface area contributed by atoms with Crippen molar-refractivity contribution in [3.63, 3.8) is 0 Å². The predicted molar refractivity (Wildman–Crippen MR) is 131 cm³/mol. The molecule has 0 aromatic heterocycles. The molecule has 0 radical (unpaired) electrons. The lowest BCUT2D eigenvalue weighted by Gasteiger charge is -2.30. The Morgan fingerprint density at radius 1 is 1.13 bits per heavy atom. The van der Waals surface area contributed by atoms with E-state index < -0.39 is 0 Å². The second-order valence-corrected chi connectivity index (χ2v) is 8.53. The molecule has 1 N–H and O–H groups in total. The largest absolute Gasteiger partial charge is 0.379 e. The Labute approximate surface area is 191 Å². The van der Waals surface area contributed by atoms with Crippen LogP contribution in [0.3, 0.4) is 0 Å². The van der Waals surface area contributed by atoms with Crippen molar-refractivity contribution < 1.29 is 4.74 Å². The van der Waals surface area contributed by atoms with E-state index in [2.05, 4.69) is 46.3 Å². The molecule has 0 saturated carbocycles. The molecule has 1 fully saturated rings. The minimum absolute atomic E-state index is 0.712. The number of hydrogen-bond acceptors (Lipinski definition) is 3. The number of ether oxygens (including phenoxy) is 1. The van der Waals surface area contributed by atoms with Crippen LogP contribution >= 0.6 is 23.8 Å². The highest BCUT2D eigenvalue weighted by molar-refractivity contribution is 7.80. The van der Waals surface area contributed by atoms with Crippen molar-refractivity contribution in [3.05, 3.63) is 64.2 Å². The maximum absolute atomic E-state index is 6.48. The summed E-state index contributed by atoms with van der Waals surface area (Å²) in [6, 6.07) is 14.8. The van der Waals surface area contributed by atoms with Gasteiger partial charge in [-0.3, -0.25) is 4.90 Å². The molecule has 1 heterocycles. The minimum Gasteiger partial charge on any atom is -0.379 e. The van der Waals surface area contributed by atoms with Gasteiger partial charge < -0.3 is 15.0 Å². The minimum atomic E-state index is 0.712. The zero-order valence-corrected chi connectivity index (χ0v) is 19.6. The van der Waals surface area contributed by atoms with Crippen molar-refractivity contribution in [3.8, 4) is 0 Å². The Kier molecular flexibility index (Phi) is 8.94. The topological polar surface area (TPSA) is 27.7 Å². The van der Waals surface area contributed by atoms with Crippen LogP contribution in [0, 0.1) is 6.92 Å². The van der Waals surface area contributed by atoms with Crippen LogP contribution in [0.25, 0.3) is 0 Å². The molecule has 3 rings (SSSR count). The average molecular weight is 446 g/mol. The first-order valence-corrected chi connectivity index (χ1v) is 11.5. The van der Waals surface area contributed by atoms with Gasteiger partial charge in [0.05, 0.1) is 23.9 Å². The third-order valence-electron chi connectivity index (χ3n) is 5.53. The van der Waals surface area contributed by atoms with Gasteiger partial charge in [0.1, 0.15) is 0 Å². The van der Waals surface area contributed by atoms with E-state index in [1.54, 1.807) is 0 Å². The standard InChI is InChI=1S/C24H32ClN3OS/c1-3-20-8-10-21(11-9-20)18-28(13-5-12-27-14-16-29-17-15-27)24(30)26-22-7-4-6-19(2)23(22)25/h4,6-11H,3,5,12-18H2,1-2H3,(H,26,30). The van der Waals surface area contributed by atoms with E-state index in [1.807, 2.05) is 25.1 Å². The molecule has 0 unspecified atom stereocenters. The number of rotatable bonds is 8. The summed E-state index contributed by atoms with van der Waals surface area (Å²) in [6.07, 6.45) is 2.10. The van der Waals surface area contributed by atoms with Crippen molar-refractivity contribution in [1.82, 2.24) is 9.80 Å². The van der Waals surface area contributed by atoms with Crippen LogP contribution in [-0.4, -0.2) is 54.3 Å². The number of halogens is 1. The Morgan fingerprint density at radius 2 is 1.83 bits per heavy atom. The normalized spacial score (nSPS) is 14.5. The number of thiocarbonyl (C=S) groups is 1. The number of anilines is 1. The molecule has 0 aliphatic carbocycles. The molecule has 1 aliphatic heterocycles. The fraction of sp³-hybridized carbons (Fsp3) is 0.458. The summed E-state index contributed by atoms with van der Waals surface area (Å²) in [4.78, 5) is 4.71. The van der Waals surface area contributed by atoms with Gasteiger partial charge in [0, 0.05) is 32.7 Å². The highest BCUT2D eigenvalue weighted by Gasteiger charge is 2.15. The molecule has 30 heavy (non-hydrogen) atoms. The van der Waals surface area contributed by atoms with Gasteiger partial charge in [0.15, 0.2) is 5.11 Å². The fourth-order valence-electron chi connectivity index (χ4n) is 3.60. The Hall–Kier alpha value is -1.66. The van der Waals surface area contributed by atoms with E-state index in [0.717, 1.165) is 75.1 Å². The predicted octanol–water partition coefficient (Wildman–Crippen LogP) is 5.13. The van der Waals surface area contributed by atoms with Crippen LogP contribution in [0.4, 0.5) is 5.69 Å². The third kappa shape index (κ3) is 6.67. The molecule has 1 aliphatic rings. The molecule has 0 bridgehead atoms. The average Bonchev–Trinajstić information content (AvgIpc) is 2.77. The Balaban J connectivity index is 1.66. The van der Waals surface area contributed by atoms with Crippen LogP contribution in [0.1, 0.15) is 30.0 Å². The molecule has 1 saturated heterocycles. The molecule has 4 nitrogen and oxygen atoms in total. The van der Waals surface area contributed by atoms with Crippen LogP contribution in [0.15, 0.2) is 42.5 Å². The summed E-state index contributed by atoms with van der Waals surface area (Å²) in [6.45, 7) is 10.6. The number of nitrogens with one attached hydrogen (secondary N) is 1. The second-order valence-electron chi connectivity index (χ2n) is 7.77. The van der Waals surface area contributed by atoms with Gasteiger partial charge in [-0.15, -0.1) is 0 Å². The highest BCUT2D eigenvalue weighted by atomic mass is 35.5. The summed E-state index contributed by atoms with van der Waals surface area (Å²) >= 11 is 12.3. The first-order valence-electron chi connectivity index (χ1n) is 10.8. The zero-order chi connectivity index (χ0) is 21.3. The van der Waals surface area contributed by atoms with E-state index in [1.165, 1.54) is 11.1 Å². The van der Waals surface area contributed by atoms with Crippen LogP contribution in [-0.2, 0) is 17.7 Å². The number of morpholine rings is 1. The van der Waals surface area contributed by atoms with E-state index in [-0.39, 0.29) is 0 Å². The van der Waals surface area contributed by atoms with E-state index in [0.29, 0.717) is 5.11 Å². The number of hydrogen-bond donors (Lipinski definition) is 1. The van der Waals surface area contributed by atoms with Gasteiger partial charge in [0.25, 0.3) is 0 Å². The number of aryl methyl sites for hydroxylation is 2. The van der Waals surface area contributed by atoms with Gasteiger partial charge in [0.2, 0.25) is 0 Å². The van der Waals surface area contributed by atoms with Gasteiger partial charge in [-0.25, -0.2) is 0 Å². The monoisotopic (exact) mass is 445 g/mol. The zero-order valence-electron chi connectivity index (χ0n) is 18.0. The van der Waals surface area contributed by atoms with Crippen molar-refractivity contribution in [1.29, 1.82) is 0 Å². The van der Waals surface area contributed by atoms with Crippen molar-refractivity contribution in [2.24, 2.45) is 0 Å². The number of benzene rings is 2. The lowest BCUT2D eigenvalue weighted by molar-refractivity contribution is 0.0368. The highest BCUT2D eigenvalue weighted by Crippen LogP contribution is 2.25. The first kappa shape index (κ1) is 23.0. The number of nitrogens with zero attached hydrogens (tertiary/aromatic N) is 2. The van der Waals surface area contributed by atoms with Crippen LogP contribution in [0.5, 0.6) is 0 Å². The van der Waals surface area contributed by atoms with Gasteiger partial charge >= 0.3 is 0 Å². The summed E-state index contributed by atoms with van der Waals surface area (Å²) in [7, 11) is 0. The van der Waals surface area contributed by atoms with Crippen molar-refractivity contribution >= 4 is 34.6 Å². The lowest BCUT2D eigenvalue weighted by Crippen LogP contribution is -2.40. The van der Waals surface area contributed by atoms with Gasteiger partial charge in [-0.1, -0.05) is 54.9 Å². The van der Waals surface area contributed by atoms with E-state index in [4.69, 9.17) is 28.6 Å². The first-order chi connectivity index (χ1) is 14.6. The van der Waals surface area contributed by atoms with Gasteiger partial charge in [-0.05, 0) is 54.7 Å². The Morgan fingerprint density at radius 3 is 2.53 bits per heavy atom. The SMILES string of the molecule is CCc1ccc(CN(CCCN2CCOCC2)C(=S)Nc2cccc(C)c2Cl)cc1. The molecule has 6 heteroatoms. The molecule has 0 amide bonds. The summed E-state index contributed by atoms with van der Waals surface area (Å²) in [5, 5.41) is 4.81. The quantitative estimate of drug-likeness (QED) is 0.568. The molecule has 2 aromatic rings. The third-order valence-corrected chi connectivity index (χ3v) is 6.39. The van der Waals surface area contributed by atoms with E-state index >= 15 is 0 Å². The molecule has 0 atom stereocenters. The van der Waals surface area contributed by atoms with Gasteiger partial charge in [-0.2, -0.15) is 0 Å². The molecule has 162 valence electrons. The van der Waals surface area contributed by atoms with E-state index in [9.17, 15) is 0 Å². The van der Waals surface area contributed by atoms with Crippen molar-refractivity contribution in [2.45, 2.75) is 33.2 Å². The van der Waals surface area contributed by atoms with Crippen LogP contribution < -0.4 is 5.32 Å². The van der Waals surface area contributed by atoms with Crippen LogP contribution in [0.2, 0.25) is 5.02 Å². The smallest absolute Gasteiger partial charge is 0.173 e. The summed E-state index contributed by atoms with van der Waals surface area (Å²) in [5.74, 6) is 0. The molecule has 2 aromatic carbocycles. The summed E-state index contributed by atoms with van der Waals surface area (Å²) < 4.78 is 5.46.